The topological polar surface area (TPSA) is 97.6 Å². The van der Waals surface area contributed by atoms with E-state index in [-0.39, 0.29) is 24.9 Å². The number of ether oxygens (including phenoxy) is 3. The number of hydrogen-bond donors (Lipinski definition) is 2. The van der Waals surface area contributed by atoms with E-state index in [1.165, 1.54) is 17.8 Å². The number of hydrogen-bond acceptors (Lipinski definition) is 8. The first-order valence-electron chi connectivity index (χ1n) is 7.67. The number of aliphatic hydroxyl groups is 1. The fourth-order valence-corrected chi connectivity index (χ4v) is 3.10. The van der Waals surface area contributed by atoms with Crippen LogP contribution in [0, 0.1) is 0 Å². The van der Waals surface area contributed by atoms with E-state index in [1.54, 1.807) is 19.1 Å². The van der Waals surface area contributed by atoms with Crippen molar-refractivity contribution in [2.75, 3.05) is 38.8 Å². The smallest absolute Gasteiger partial charge is 0.331 e. The Hall–Kier alpha value is -1.77. The van der Waals surface area contributed by atoms with Crippen LogP contribution in [0.5, 0.6) is 11.5 Å². The largest absolute Gasteiger partial charge is 0.507 e. The van der Waals surface area contributed by atoms with Gasteiger partial charge in [0.25, 0.3) is 0 Å². The third kappa shape index (κ3) is 5.12. The molecular formula is C16H21NO6S. The molecule has 0 radical (unpaired) electrons. The molecule has 132 valence electrons. The number of phenolic OH excluding ortho intramolecular Hbond substituents is 1. The molecule has 1 aliphatic rings. The standard InChI is InChI=1S/C16H21NO6S/c1-2-22-16(20)13-10-24-15(17-13)12-4-3-11(9-14(12)19)23-8-7-21-6-5-18/h3-4,9,13,18-19H,2,5-8,10H2,1H3. The number of phenols is 1. The number of aliphatic imine (C=N–C) groups is 1. The number of carbonyl (C=O) groups excluding carboxylic acids is 1. The lowest BCUT2D eigenvalue weighted by atomic mass is 10.2. The van der Waals surface area contributed by atoms with Gasteiger partial charge in [-0.15, -0.1) is 11.8 Å². The Bertz CT molecular complexity index is 592. The molecule has 0 saturated heterocycles. The zero-order valence-corrected chi connectivity index (χ0v) is 14.3. The summed E-state index contributed by atoms with van der Waals surface area (Å²) < 4.78 is 15.5. The minimum absolute atomic E-state index is 0.0257. The summed E-state index contributed by atoms with van der Waals surface area (Å²) >= 11 is 1.41. The van der Waals surface area contributed by atoms with Crippen LogP contribution in [0.2, 0.25) is 0 Å². The molecule has 2 rings (SSSR count). The Balaban J connectivity index is 1.95. The molecule has 0 spiro atoms. The minimum atomic E-state index is -0.524. The minimum Gasteiger partial charge on any atom is -0.507 e. The van der Waals surface area contributed by atoms with Crippen molar-refractivity contribution >= 4 is 22.8 Å². The van der Waals surface area contributed by atoms with Gasteiger partial charge in [0.05, 0.1) is 26.4 Å². The van der Waals surface area contributed by atoms with Gasteiger partial charge in [-0.05, 0) is 19.1 Å². The summed E-state index contributed by atoms with van der Waals surface area (Å²) in [6, 6.07) is 4.41. The molecule has 0 amide bonds. The van der Waals surface area contributed by atoms with E-state index in [4.69, 9.17) is 19.3 Å². The Morgan fingerprint density at radius 3 is 2.92 bits per heavy atom. The number of rotatable bonds is 9. The van der Waals surface area contributed by atoms with E-state index >= 15 is 0 Å². The first-order valence-corrected chi connectivity index (χ1v) is 8.66. The van der Waals surface area contributed by atoms with Crippen LogP contribution in [0.4, 0.5) is 0 Å². The quantitative estimate of drug-likeness (QED) is 0.507. The van der Waals surface area contributed by atoms with Crippen LogP contribution in [-0.4, -0.2) is 66.1 Å². The average molecular weight is 355 g/mol. The predicted octanol–water partition coefficient (Wildman–Crippen LogP) is 1.20. The van der Waals surface area contributed by atoms with Crippen molar-refractivity contribution in [2.45, 2.75) is 13.0 Å². The molecule has 1 aromatic rings. The number of carbonyl (C=O) groups is 1. The molecule has 8 heteroatoms. The Morgan fingerprint density at radius 1 is 1.38 bits per heavy atom. The number of benzene rings is 1. The van der Waals surface area contributed by atoms with Crippen molar-refractivity contribution in [1.82, 2.24) is 0 Å². The molecule has 0 bridgehead atoms. The van der Waals surface area contributed by atoms with Gasteiger partial charge in [0, 0.05) is 17.4 Å². The zero-order valence-electron chi connectivity index (χ0n) is 13.4. The van der Waals surface area contributed by atoms with Crippen molar-refractivity contribution in [3.63, 3.8) is 0 Å². The van der Waals surface area contributed by atoms with Crippen molar-refractivity contribution in [2.24, 2.45) is 4.99 Å². The molecule has 2 N–H and O–H groups in total. The average Bonchev–Trinajstić information content (AvgIpc) is 3.05. The molecule has 0 aliphatic carbocycles. The first-order chi connectivity index (χ1) is 11.7. The van der Waals surface area contributed by atoms with E-state index in [0.29, 0.717) is 41.9 Å². The van der Waals surface area contributed by atoms with Crippen LogP contribution < -0.4 is 4.74 Å². The lowest BCUT2D eigenvalue weighted by molar-refractivity contribution is -0.143. The molecule has 0 aromatic heterocycles. The normalized spacial score (nSPS) is 16.8. The second-order valence-corrected chi connectivity index (χ2v) is 5.89. The van der Waals surface area contributed by atoms with Gasteiger partial charge in [0.1, 0.15) is 23.1 Å². The molecule has 1 heterocycles. The number of nitrogens with zero attached hydrogens (tertiary/aromatic N) is 1. The summed E-state index contributed by atoms with van der Waals surface area (Å²) in [4.78, 5) is 16.0. The molecule has 0 fully saturated rings. The van der Waals surface area contributed by atoms with Gasteiger partial charge in [-0.3, -0.25) is 4.99 Å². The van der Waals surface area contributed by atoms with E-state index < -0.39 is 6.04 Å². The third-order valence-electron chi connectivity index (χ3n) is 3.14. The molecule has 24 heavy (non-hydrogen) atoms. The number of aliphatic hydroxyl groups excluding tert-OH is 1. The number of thioether (sulfide) groups is 1. The van der Waals surface area contributed by atoms with Gasteiger partial charge in [0.15, 0.2) is 6.04 Å². The Labute approximate surface area is 144 Å². The van der Waals surface area contributed by atoms with E-state index in [9.17, 15) is 9.90 Å². The van der Waals surface area contributed by atoms with Crippen molar-refractivity contribution in [3.05, 3.63) is 23.8 Å². The molecule has 1 aromatic carbocycles. The SMILES string of the molecule is CCOC(=O)C1CSC(c2ccc(OCCOCCO)cc2O)=N1. The predicted molar refractivity (Wildman–Crippen MR) is 90.9 cm³/mol. The summed E-state index contributed by atoms with van der Waals surface area (Å²) in [7, 11) is 0. The summed E-state index contributed by atoms with van der Waals surface area (Å²) in [6.07, 6.45) is 0. The molecule has 1 atom stereocenters. The highest BCUT2D eigenvalue weighted by Crippen LogP contribution is 2.31. The lowest BCUT2D eigenvalue weighted by Crippen LogP contribution is -2.21. The molecule has 1 aliphatic heterocycles. The zero-order chi connectivity index (χ0) is 17.4. The number of esters is 1. The number of aromatic hydroxyl groups is 1. The monoisotopic (exact) mass is 355 g/mol. The van der Waals surface area contributed by atoms with Crippen molar-refractivity contribution in [1.29, 1.82) is 0 Å². The maximum absolute atomic E-state index is 11.7. The molecule has 7 nitrogen and oxygen atoms in total. The lowest BCUT2D eigenvalue weighted by Gasteiger charge is -2.09. The summed E-state index contributed by atoms with van der Waals surface area (Å²) in [5.74, 6) is 0.713. The third-order valence-corrected chi connectivity index (χ3v) is 4.22. The van der Waals surface area contributed by atoms with Gasteiger partial charge in [-0.1, -0.05) is 0 Å². The van der Waals surface area contributed by atoms with Gasteiger partial charge in [-0.25, -0.2) is 4.79 Å². The Kier molecular flexibility index (Phi) is 7.36. The van der Waals surface area contributed by atoms with Crippen LogP contribution in [0.15, 0.2) is 23.2 Å². The Morgan fingerprint density at radius 2 is 2.21 bits per heavy atom. The van der Waals surface area contributed by atoms with Gasteiger partial charge in [0.2, 0.25) is 0 Å². The van der Waals surface area contributed by atoms with E-state index in [1.807, 2.05) is 0 Å². The van der Waals surface area contributed by atoms with Gasteiger partial charge < -0.3 is 24.4 Å². The highest BCUT2D eigenvalue weighted by molar-refractivity contribution is 8.14. The highest BCUT2D eigenvalue weighted by atomic mass is 32.2. The fraction of sp³-hybridized carbons (Fsp3) is 0.500. The second kappa shape index (κ2) is 9.51. The maximum Gasteiger partial charge on any atom is 0.331 e. The van der Waals surface area contributed by atoms with E-state index in [0.717, 1.165) is 0 Å². The van der Waals surface area contributed by atoms with Crippen molar-refractivity contribution < 1.29 is 29.2 Å². The first kappa shape index (κ1) is 18.6. The van der Waals surface area contributed by atoms with Crippen LogP contribution in [-0.2, 0) is 14.3 Å². The van der Waals surface area contributed by atoms with Gasteiger partial charge >= 0.3 is 5.97 Å². The fourth-order valence-electron chi connectivity index (χ4n) is 2.05. The van der Waals surface area contributed by atoms with Crippen LogP contribution >= 0.6 is 11.8 Å². The highest BCUT2D eigenvalue weighted by Gasteiger charge is 2.27. The summed E-state index contributed by atoms with van der Waals surface area (Å²) in [6.45, 7) is 2.99. The molecular weight excluding hydrogens is 334 g/mol. The van der Waals surface area contributed by atoms with Crippen LogP contribution in [0.3, 0.4) is 0 Å². The second-order valence-electron chi connectivity index (χ2n) is 4.88. The summed E-state index contributed by atoms with van der Waals surface area (Å²) in [5.41, 5.74) is 0.565. The van der Waals surface area contributed by atoms with Gasteiger partial charge in [-0.2, -0.15) is 0 Å². The molecule has 0 saturated carbocycles. The maximum atomic E-state index is 11.7. The van der Waals surface area contributed by atoms with Crippen molar-refractivity contribution in [3.8, 4) is 11.5 Å². The van der Waals surface area contributed by atoms with E-state index in [2.05, 4.69) is 4.99 Å². The van der Waals surface area contributed by atoms with Crippen LogP contribution in [0.1, 0.15) is 12.5 Å². The van der Waals surface area contributed by atoms with Crippen LogP contribution in [0.25, 0.3) is 0 Å². The molecule has 1 unspecified atom stereocenters. The summed E-state index contributed by atoms with van der Waals surface area (Å²) in [5, 5.41) is 19.4.